The largest absolute Gasteiger partial charge is 0.396 e. The highest BCUT2D eigenvalue weighted by Gasteiger charge is 2.53. The first-order chi connectivity index (χ1) is 10.4. The second-order valence-electron chi connectivity index (χ2n) is 8.25. The summed E-state index contributed by atoms with van der Waals surface area (Å²) in [5.41, 5.74) is 3.06. The average molecular weight is 306 g/mol. The van der Waals surface area contributed by atoms with Crippen LogP contribution >= 0.6 is 0 Å². The summed E-state index contributed by atoms with van der Waals surface area (Å²) in [4.78, 5) is 0. The van der Waals surface area contributed by atoms with Gasteiger partial charge in [0.05, 0.1) is 6.61 Å². The maximum absolute atomic E-state index is 9.98. The van der Waals surface area contributed by atoms with E-state index in [-0.39, 0.29) is 17.4 Å². The molecule has 0 spiro atoms. The van der Waals surface area contributed by atoms with Crippen molar-refractivity contribution < 1.29 is 10.2 Å². The molecular weight excluding hydrogens is 272 g/mol. The van der Waals surface area contributed by atoms with Crippen LogP contribution in [0.4, 0.5) is 0 Å². The predicted molar refractivity (Wildman–Crippen MR) is 92.6 cm³/mol. The quantitative estimate of drug-likeness (QED) is 0.735. The Morgan fingerprint density at radius 2 is 2.05 bits per heavy atom. The molecule has 2 fully saturated rings. The highest BCUT2D eigenvalue weighted by atomic mass is 16.3. The summed E-state index contributed by atoms with van der Waals surface area (Å²) in [6.07, 6.45) is 10.0. The van der Waals surface area contributed by atoms with E-state index in [1.807, 2.05) is 6.08 Å². The molecule has 0 aromatic rings. The van der Waals surface area contributed by atoms with Crippen LogP contribution in [-0.4, -0.2) is 23.4 Å². The normalized spacial score (nSPS) is 39.7. The second kappa shape index (κ2) is 6.88. The fourth-order valence-electron chi connectivity index (χ4n) is 5.44. The van der Waals surface area contributed by atoms with Gasteiger partial charge in [-0.25, -0.2) is 0 Å². The molecule has 0 unspecified atom stereocenters. The van der Waals surface area contributed by atoms with Gasteiger partial charge in [0.1, 0.15) is 0 Å². The molecule has 0 aliphatic heterocycles. The summed E-state index contributed by atoms with van der Waals surface area (Å²) in [5, 5.41) is 19.0. The Balaban J connectivity index is 2.20. The Hall–Kier alpha value is -0.600. The van der Waals surface area contributed by atoms with Crippen LogP contribution < -0.4 is 0 Å². The Kier molecular flexibility index (Phi) is 5.55. The molecule has 2 aliphatic carbocycles. The summed E-state index contributed by atoms with van der Waals surface area (Å²) in [7, 11) is 0. The van der Waals surface area contributed by atoms with E-state index in [0.717, 1.165) is 25.7 Å². The standard InChI is InChI=1S/C20H34O2/c1-15(10-13-21)6-8-17-16(2)7-9-18-19(3,14-22)11-5-12-20(17,18)4/h10,17-18,21-22H,2,5-9,11-14H2,1,3-4H3/t17-,18-,19+,20+/m1/s1. The van der Waals surface area contributed by atoms with Crippen LogP contribution in [0.5, 0.6) is 0 Å². The molecule has 22 heavy (non-hydrogen) atoms. The van der Waals surface area contributed by atoms with E-state index >= 15 is 0 Å². The number of fused-ring (bicyclic) bond motifs is 1. The first-order valence-electron chi connectivity index (χ1n) is 8.92. The van der Waals surface area contributed by atoms with Gasteiger partial charge in [0, 0.05) is 6.61 Å². The van der Waals surface area contributed by atoms with E-state index in [9.17, 15) is 5.11 Å². The summed E-state index contributed by atoms with van der Waals surface area (Å²) in [6, 6.07) is 0. The maximum atomic E-state index is 9.98. The summed E-state index contributed by atoms with van der Waals surface area (Å²) in [5.74, 6) is 1.16. The van der Waals surface area contributed by atoms with E-state index in [2.05, 4.69) is 27.4 Å². The lowest BCUT2D eigenvalue weighted by Gasteiger charge is -2.58. The molecule has 4 atom stereocenters. The highest BCUT2D eigenvalue weighted by molar-refractivity contribution is 5.17. The van der Waals surface area contributed by atoms with Crippen molar-refractivity contribution in [2.24, 2.45) is 22.7 Å². The lowest BCUT2D eigenvalue weighted by atomic mass is 9.47. The van der Waals surface area contributed by atoms with Gasteiger partial charge >= 0.3 is 0 Å². The van der Waals surface area contributed by atoms with E-state index in [0.29, 0.717) is 18.4 Å². The van der Waals surface area contributed by atoms with Gasteiger partial charge in [-0.2, -0.15) is 0 Å². The van der Waals surface area contributed by atoms with Crippen molar-refractivity contribution >= 4 is 0 Å². The molecule has 2 saturated carbocycles. The van der Waals surface area contributed by atoms with Gasteiger partial charge in [-0.3, -0.25) is 0 Å². The topological polar surface area (TPSA) is 40.5 Å². The minimum absolute atomic E-state index is 0.0853. The molecule has 2 aliphatic rings. The summed E-state index contributed by atoms with van der Waals surface area (Å²) >= 11 is 0. The Labute approximate surface area is 136 Å². The third-order valence-corrected chi connectivity index (χ3v) is 6.77. The first-order valence-corrected chi connectivity index (χ1v) is 8.92. The number of aliphatic hydroxyl groups excluding tert-OH is 2. The zero-order valence-electron chi connectivity index (χ0n) is 14.7. The maximum Gasteiger partial charge on any atom is 0.0614 e. The number of allylic oxidation sites excluding steroid dienone is 2. The lowest BCUT2D eigenvalue weighted by molar-refractivity contribution is -0.0858. The molecule has 0 aromatic heterocycles. The second-order valence-corrected chi connectivity index (χ2v) is 8.25. The van der Waals surface area contributed by atoms with E-state index in [1.165, 1.54) is 30.4 Å². The monoisotopic (exact) mass is 306 g/mol. The van der Waals surface area contributed by atoms with Crippen molar-refractivity contribution in [3.63, 3.8) is 0 Å². The smallest absolute Gasteiger partial charge is 0.0614 e. The minimum Gasteiger partial charge on any atom is -0.396 e. The van der Waals surface area contributed by atoms with Gasteiger partial charge in [0.15, 0.2) is 0 Å². The van der Waals surface area contributed by atoms with Crippen LogP contribution in [0.3, 0.4) is 0 Å². The van der Waals surface area contributed by atoms with Gasteiger partial charge in [0.2, 0.25) is 0 Å². The molecule has 0 saturated heterocycles. The number of aliphatic hydroxyl groups is 2. The van der Waals surface area contributed by atoms with Crippen molar-refractivity contribution in [3.05, 3.63) is 23.8 Å². The summed E-state index contributed by atoms with van der Waals surface area (Å²) < 4.78 is 0. The molecule has 2 N–H and O–H groups in total. The third-order valence-electron chi connectivity index (χ3n) is 6.77. The Morgan fingerprint density at radius 3 is 2.68 bits per heavy atom. The van der Waals surface area contributed by atoms with Crippen LogP contribution in [0.25, 0.3) is 0 Å². The van der Waals surface area contributed by atoms with E-state index in [1.54, 1.807) is 0 Å². The van der Waals surface area contributed by atoms with Gasteiger partial charge in [-0.1, -0.05) is 44.1 Å². The molecular formula is C20H34O2. The molecule has 0 radical (unpaired) electrons. The van der Waals surface area contributed by atoms with E-state index in [4.69, 9.17) is 5.11 Å². The zero-order chi connectivity index (χ0) is 16.4. The fraction of sp³-hybridized carbons (Fsp3) is 0.800. The zero-order valence-corrected chi connectivity index (χ0v) is 14.7. The molecule has 2 heteroatoms. The molecule has 0 bridgehead atoms. The van der Waals surface area contributed by atoms with Crippen molar-refractivity contribution in [1.29, 1.82) is 0 Å². The van der Waals surface area contributed by atoms with Crippen LogP contribution in [0.15, 0.2) is 23.8 Å². The number of hydrogen-bond donors (Lipinski definition) is 2. The van der Waals surface area contributed by atoms with E-state index < -0.39 is 0 Å². The lowest BCUT2D eigenvalue weighted by Crippen LogP contribution is -2.51. The van der Waals surface area contributed by atoms with Crippen LogP contribution in [0.1, 0.15) is 65.7 Å². The minimum atomic E-state index is 0.0853. The molecule has 0 aromatic carbocycles. The number of hydrogen-bond acceptors (Lipinski definition) is 2. The Bertz CT molecular complexity index is 439. The van der Waals surface area contributed by atoms with Crippen LogP contribution in [0.2, 0.25) is 0 Å². The van der Waals surface area contributed by atoms with Gasteiger partial charge in [0.25, 0.3) is 0 Å². The SMILES string of the molecule is C=C1CC[C@@H]2[C@](C)(CO)CCC[C@@]2(C)[C@@H]1CCC(C)=CCO. The fourth-order valence-corrected chi connectivity index (χ4v) is 5.44. The predicted octanol–water partition coefficient (Wildman–Crippen LogP) is 4.48. The highest BCUT2D eigenvalue weighted by Crippen LogP contribution is 2.61. The third kappa shape index (κ3) is 3.19. The van der Waals surface area contributed by atoms with Gasteiger partial charge in [-0.15, -0.1) is 0 Å². The van der Waals surface area contributed by atoms with Crippen molar-refractivity contribution in [3.8, 4) is 0 Å². The van der Waals surface area contributed by atoms with Crippen LogP contribution in [-0.2, 0) is 0 Å². The molecule has 0 amide bonds. The van der Waals surface area contributed by atoms with Gasteiger partial charge in [-0.05, 0) is 68.1 Å². The van der Waals surface area contributed by atoms with Gasteiger partial charge < -0.3 is 10.2 Å². The summed E-state index contributed by atoms with van der Waals surface area (Å²) in [6.45, 7) is 11.7. The Morgan fingerprint density at radius 1 is 1.32 bits per heavy atom. The molecule has 2 rings (SSSR count). The molecule has 2 nitrogen and oxygen atoms in total. The van der Waals surface area contributed by atoms with Crippen molar-refractivity contribution in [2.75, 3.05) is 13.2 Å². The van der Waals surface area contributed by atoms with Crippen molar-refractivity contribution in [2.45, 2.75) is 65.7 Å². The number of rotatable bonds is 5. The molecule has 0 heterocycles. The average Bonchev–Trinajstić information content (AvgIpc) is 2.46. The molecule has 126 valence electrons. The van der Waals surface area contributed by atoms with Crippen LogP contribution in [0, 0.1) is 22.7 Å². The van der Waals surface area contributed by atoms with Crippen molar-refractivity contribution in [1.82, 2.24) is 0 Å². The first kappa shape index (κ1) is 17.7.